The molecular weight excluding hydrogens is 315 g/mol. The largest absolute Gasteiger partial charge is 0.416 e. The average molecular weight is 331 g/mol. The van der Waals surface area contributed by atoms with Gasteiger partial charge in [-0.3, -0.25) is 4.79 Å². The summed E-state index contributed by atoms with van der Waals surface area (Å²) < 4.78 is 42.7. The quantitative estimate of drug-likeness (QED) is 0.866. The van der Waals surface area contributed by atoms with E-state index in [1.54, 1.807) is 0 Å². The summed E-state index contributed by atoms with van der Waals surface area (Å²) in [6.07, 6.45) is -5.18. The van der Waals surface area contributed by atoms with E-state index in [-0.39, 0.29) is 24.7 Å². The second-order valence-electron chi connectivity index (χ2n) is 4.92. The molecule has 0 unspecified atom stereocenters. The summed E-state index contributed by atoms with van der Waals surface area (Å²) in [5.41, 5.74) is -0.549. The Hall–Kier alpha value is -2.29. The number of urea groups is 1. The van der Waals surface area contributed by atoms with Gasteiger partial charge in [-0.25, -0.2) is 4.79 Å². The summed E-state index contributed by atoms with van der Waals surface area (Å²) in [5.74, 6) is -0.336. The predicted molar refractivity (Wildman–Crippen MR) is 75.8 cm³/mol. The number of carbonyl (C=O) groups is 2. The molecule has 1 atom stereocenters. The van der Waals surface area contributed by atoms with Crippen molar-refractivity contribution in [1.29, 1.82) is 0 Å². The van der Waals surface area contributed by atoms with Crippen molar-refractivity contribution < 1.29 is 27.5 Å². The van der Waals surface area contributed by atoms with Crippen molar-refractivity contribution in [2.45, 2.75) is 12.3 Å². The third-order valence-corrected chi connectivity index (χ3v) is 3.36. The van der Waals surface area contributed by atoms with Crippen molar-refractivity contribution in [3.05, 3.63) is 29.8 Å². The first-order valence-electron chi connectivity index (χ1n) is 6.87. The van der Waals surface area contributed by atoms with E-state index in [9.17, 15) is 22.8 Å². The zero-order chi connectivity index (χ0) is 17.0. The van der Waals surface area contributed by atoms with E-state index in [0.29, 0.717) is 6.54 Å². The Morgan fingerprint density at radius 1 is 1.26 bits per heavy atom. The minimum Gasteiger partial charge on any atom is -0.365 e. The van der Waals surface area contributed by atoms with Crippen molar-refractivity contribution >= 4 is 17.6 Å². The molecule has 1 saturated heterocycles. The smallest absolute Gasteiger partial charge is 0.365 e. The zero-order valence-corrected chi connectivity index (χ0v) is 12.3. The molecule has 1 aliphatic heterocycles. The van der Waals surface area contributed by atoms with Crippen molar-refractivity contribution in [2.75, 3.05) is 32.1 Å². The van der Waals surface area contributed by atoms with E-state index >= 15 is 0 Å². The molecule has 1 aromatic rings. The fourth-order valence-electron chi connectivity index (χ4n) is 2.10. The number of morpholine rings is 1. The highest BCUT2D eigenvalue weighted by molar-refractivity contribution is 5.90. The Morgan fingerprint density at radius 3 is 2.48 bits per heavy atom. The number of nitrogens with zero attached hydrogens (tertiary/aromatic N) is 1. The van der Waals surface area contributed by atoms with Gasteiger partial charge in [0.25, 0.3) is 5.91 Å². The molecule has 0 bridgehead atoms. The van der Waals surface area contributed by atoms with Crippen LogP contribution in [0.3, 0.4) is 0 Å². The predicted octanol–water partition coefficient (Wildman–Crippen LogP) is 1.68. The Balaban J connectivity index is 1.97. The summed E-state index contributed by atoms with van der Waals surface area (Å²) in [5, 5.41) is 4.94. The summed E-state index contributed by atoms with van der Waals surface area (Å²) in [7, 11) is 1.47. The minimum atomic E-state index is -4.42. The van der Waals surface area contributed by atoms with Crippen LogP contribution in [0, 0.1) is 0 Å². The molecule has 0 saturated carbocycles. The Labute approximate surface area is 130 Å². The van der Waals surface area contributed by atoms with Crippen LogP contribution in [0.4, 0.5) is 23.7 Å². The highest BCUT2D eigenvalue weighted by Gasteiger charge is 2.31. The Bertz CT molecular complexity index is 575. The molecule has 1 aromatic carbocycles. The molecule has 0 radical (unpaired) electrons. The molecule has 23 heavy (non-hydrogen) atoms. The first-order chi connectivity index (χ1) is 10.8. The van der Waals surface area contributed by atoms with Crippen LogP contribution in [-0.4, -0.2) is 49.7 Å². The maximum absolute atomic E-state index is 12.5. The van der Waals surface area contributed by atoms with Gasteiger partial charge >= 0.3 is 12.2 Å². The lowest BCUT2D eigenvalue weighted by molar-refractivity contribution is -0.137. The molecule has 1 aliphatic rings. The number of likely N-dealkylation sites (N-methyl/N-ethyl adjacent to an activating group) is 1. The van der Waals surface area contributed by atoms with E-state index in [1.165, 1.54) is 24.1 Å². The fourth-order valence-corrected chi connectivity index (χ4v) is 2.10. The number of benzene rings is 1. The van der Waals surface area contributed by atoms with E-state index in [1.807, 2.05) is 0 Å². The monoisotopic (exact) mass is 331 g/mol. The summed E-state index contributed by atoms with van der Waals surface area (Å²) in [6.45, 7) is 0.574. The second-order valence-corrected chi connectivity index (χ2v) is 4.92. The molecule has 1 heterocycles. The molecule has 0 spiro atoms. The number of carbonyl (C=O) groups excluding carboxylic acids is 2. The molecule has 126 valence electrons. The third-order valence-electron chi connectivity index (χ3n) is 3.36. The van der Waals surface area contributed by atoms with Gasteiger partial charge in [0.15, 0.2) is 6.10 Å². The van der Waals surface area contributed by atoms with Gasteiger partial charge in [0.1, 0.15) is 0 Å². The van der Waals surface area contributed by atoms with E-state index in [2.05, 4.69) is 10.6 Å². The molecule has 2 N–H and O–H groups in total. The van der Waals surface area contributed by atoms with Gasteiger partial charge < -0.3 is 20.3 Å². The highest BCUT2D eigenvalue weighted by atomic mass is 19.4. The van der Waals surface area contributed by atoms with Crippen LogP contribution in [0.2, 0.25) is 0 Å². The lowest BCUT2D eigenvalue weighted by atomic mass is 10.2. The average Bonchev–Trinajstić information content (AvgIpc) is 2.54. The molecule has 0 aliphatic carbocycles. The summed E-state index contributed by atoms with van der Waals surface area (Å²) >= 11 is 0. The van der Waals surface area contributed by atoms with Crippen LogP contribution in [0.25, 0.3) is 0 Å². The first-order valence-corrected chi connectivity index (χ1v) is 6.87. The van der Waals surface area contributed by atoms with Gasteiger partial charge in [0, 0.05) is 19.3 Å². The first kappa shape index (κ1) is 17.1. The Morgan fingerprint density at radius 2 is 1.91 bits per heavy atom. The lowest BCUT2D eigenvalue weighted by Crippen LogP contribution is -2.52. The third kappa shape index (κ3) is 4.35. The van der Waals surface area contributed by atoms with Crippen LogP contribution in [0.15, 0.2) is 24.3 Å². The number of ether oxygens (including phenoxy) is 1. The van der Waals surface area contributed by atoms with Crippen molar-refractivity contribution in [2.24, 2.45) is 0 Å². The number of hydrogen-bond acceptors (Lipinski definition) is 3. The number of nitrogens with one attached hydrogen (secondary N) is 2. The molecule has 2 rings (SSSR count). The highest BCUT2D eigenvalue weighted by Crippen LogP contribution is 2.29. The molecule has 3 amide bonds. The molecule has 0 aromatic heterocycles. The van der Waals surface area contributed by atoms with Gasteiger partial charge in [0.05, 0.1) is 18.7 Å². The van der Waals surface area contributed by atoms with Crippen LogP contribution >= 0.6 is 0 Å². The van der Waals surface area contributed by atoms with Crippen LogP contribution in [0.1, 0.15) is 5.56 Å². The molecule has 6 nitrogen and oxygen atoms in total. The summed E-state index contributed by atoms with van der Waals surface area (Å²) in [4.78, 5) is 25.0. The maximum atomic E-state index is 12.5. The van der Waals surface area contributed by atoms with Gasteiger partial charge in [-0.05, 0) is 24.3 Å². The zero-order valence-electron chi connectivity index (χ0n) is 12.3. The number of hydrogen-bond donors (Lipinski definition) is 2. The molecular formula is C14H16F3N3O3. The standard InChI is InChI=1S/C14H16F3N3O3/c1-18-12(21)11-8-20(6-7-23-11)13(22)19-10-4-2-9(3-5-10)14(15,16)17/h2-5,11H,6-8H2,1H3,(H,18,21)(H,19,22)/t11-/m0/s1. The maximum Gasteiger partial charge on any atom is 0.416 e. The summed E-state index contributed by atoms with van der Waals surface area (Å²) in [6, 6.07) is 3.64. The Kier molecular flexibility index (Phi) is 5.09. The van der Waals surface area contributed by atoms with Crippen molar-refractivity contribution in [3.8, 4) is 0 Å². The van der Waals surface area contributed by atoms with Gasteiger partial charge in [-0.1, -0.05) is 0 Å². The number of amides is 3. The van der Waals surface area contributed by atoms with Gasteiger partial charge in [0.2, 0.25) is 0 Å². The molecule has 1 fully saturated rings. The number of rotatable bonds is 2. The second kappa shape index (κ2) is 6.86. The van der Waals surface area contributed by atoms with Crippen LogP contribution in [0.5, 0.6) is 0 Å². The van der Waals surface area contributed by atoms with Gasteiger partial charge in [-0.2, -0.15) is 13.2 Å². The van der Waals surface area contributed by atoms with Crippen LogP contribution in [-0.2, 0) is 15.7 Å². The van der Waals surface area contributed by atoms with E-state index in [0.717, 1.165) is 12.1 Å². The van der Waals surface area contributed by atoms with E-state index in [4.69, 9.17) is 4.74 Å². The van der Waals surface area contributed by atoms with Crippen molar-refractivity contribution in [1.82, 2.24) is 10.2 Å². The number of alkyl halides is 3. The van der Waals surface area contributed by atoms with E-state index < -0.39 is 23.9 Å². The number of halogens is 3. The topological polar surface area (TPSA) is 70.7 Å². The fraction of sp³-hybridized carbons (Fsp3) is 0.429. The lowest BCUT2D eigenvalue weighted by Gasteiger charge is -2.31. The SMILES string of the molecule is CNC(=O)[C@@H]1CN(C(=O)Nc2ccc(C(F)(F)F)cc2)CCO1. The minimum absolute atomic E-state index is 0.0755. The van der Waals surface area contributed by atoms with Crippen LogP contribution < -0.4 is 10.6 Å². The van der Waals surface area contributed by atoms with Crippen molar-refractivity contribution in [3.63, 3.8) is 0 Å². The van der Waals surface area contributed by atoms with Gasteiger partial charge in [-0.15, -0.1) is 0 Å². The number of anilines is 1. The molecule has 9 heteroatoms. The normalized spacial score (nSPS) is 18.4.